The Labute approximate surface area is 167 Å². The van der Waals surface area contributed by atoms with Gasteiger partial charge in [-0.3, -0.25) is 4.79 Å². The van der Waals surface area contributed by atoms with Gasteiger partial charge in [-0.05, 0) is 53.8 Å². The summed E-state index contributed by atoms with van der Waals surface area (Å²) in [6, 6.07) is 17.3. The fourth-order valence-electron chi connectivity index (χ4n) is 3.66. The Bertz CT molecular complexity index is 1020. The maximum atomic E-state index is 13.0. The zero-order valence-corrected chi connectivity index (χ0v) is 16.1. The molecule has 2 unspecified atom stereocenters. The molecule has 3 heterocycles. The number of ether oxygens (including phenoxy) is 3. The lowest BCUT2D eigenvalue weighted by Crippen LogP contribution is -2.60. The molecule has 0 aliphatic carbocycles. The molecule has 2 atom stereocenters. The van der Waals surface area contributed by atoms with Crippen molar-refractivity contribution >= 4 is 17.2 Å². The number of benzene rings is 2. The second-order valence-electron chi connectivity index (χ2n) is 6.92. The molecule has 2 aromatic carbocycles. The predicted molar refractivity (Wildman–Crippen MR) is 106 cm³/mol. The van der Waals surface area contributed by atoms with Crippen LogP contribution < -0.4 is 14.2 Å². The number of fused-ring (bicyclic) bond motifs is 1. The van der Waals surface area contributed by atoms with E-state index in [4.69, 9.17) is 14.2 Å². The van der Waals surface area contributed by atoms with Crippen LogP contribution in [0.3, 0.4) is 0 Å². The van der Waals surface area contributed by atoms with Crippen LogP contribution in [0.5, 0.6) is 17.2 Å². The first-order chi connectivity index (χ1) is 13.7. The van der Waals surface area contributed by atoms with E-state index in [1.807, 2.05) is 53.4 Å². The number of amides is 1. The van der Waals surface area contributed by atoms with Crippen LogP contribution >= 0.6 is 11.3 Å². The second kappa shape index (κ2) is 6.87. The number of para-hydroxylation sites is 1. The van der Waals surface area contributed by atoms with Crippen LogP contribution in [0.25, 0.3) is 0 Å². The van der Waals surface area contributed by atoms with Crippen molar-refractivity contribution in [2.75, 3.05) is 6.79 Å². The number of likely N-dealkylation sites (tertiary alicyclic amines) is 1. The zero-order valence-electron chi connectivity index (χ0n) is 15.3. The fourth-order valence-corrected chi connectivity index (χ4v) is 4.72. The van der Waals surface area contributed by atoms with E-state index in [0.717, 1.165) is 17.1 Å². The normalized spacial score (nSPS) is 20.2. The number of carbonyl (C=O) groups is 1. The van der Waals surface area contributed by atoms with Crippen LogP contribution in [0, 0.1) is 6.92 Å². The molecule has 0 bridgehead atoms. The summed E-state index contributed by atoms with van der Waals surface area (Å²) in [5, 5.41) is 2.06. The number of nitrogens with zero attached hydrogens (tertiary/aromatic N) is 1. The Morgan fingerprint density at radius 2 is 1.93 bits per heavy atom. The Morgan fingerprint density at radius 3 is 2.71 bits per heavy atom. The van der Waals surface area contributed by atoms with E-state index in [0.29, 0.717) is 12.3 Å². The molecule has 1 aromatic heterocycles. The fraction of sp³-hybridized carbons (Fsp3) is 0.227. The lowest BCUT2D eigenvalue weighted by atomic mass is 9.93. The van der Waals surface area contributed by atoms with E-state index in [9.17, 15) is 4.79 Å². The number of aryl methyl sites for hydroxylation is 1. The highest BCUT2D eigenvalue weighted by Gasteiger charge is 2.51. The van der Waals surface area contributed by atoms with Gasteiger partial charge in [-0.2, -0.15) is 0 Å². The Kier molecular flexibility index (Phi) is 4.20. The molecule has 1 amide bonds. The number of hydrogen-bond donors (Lipinski definition) is 0. The van der Waals surface area contributed by atoms with Gasteiger partial charge in [0, 0.05) is 11.4 Å². The lowest BCUT2D eigenvalue weighted by Gasteiger charge is -2.46. The van der Waals surface area contributed by atoms with Gasteiger partial charge in [0.05, 0.1) is 0 Å². The third-order valence-corrected chi connectivity index (χ3v) is 6.21. The second-order valence-corrected chi connectivity index (χ2v) is 7.87. The maximum absolute atomic E-state index is 13.0. The first kappa shape index (κ1) is 17.1. The molecule has 28 heavy (non-hydrogen) atoms. The van der Waals surface area contributed by atoms with Gasteiger partial charge in [-0.1, -0.05) is 24.3 Å². The first-order valence-corrected chi connectivity index (χ1v) is 10.0. The summed E-state index contributed by atoms with van der Waals surface area (Å²) in [5.41, 5.74) is 2.19. The van der Waals surface area contributed by atoms with Crippen molar-refractivity contribution in [1.29, 1.82) is 0 Å². The molecule has 2 aliphatic rings. The van der Waals surface area contributed by atoms with Crippen molar-refractivity contribution in [3.05, 3.63) is 76.0 Å². The standard InChI is InChI=1S/C22H19NO4S/c1-14-9-10-28-21(14)19-20(27-16-5-3-2-4-6-16)22(24)23(19)12-15-7-8-17-18(11-15)26-13-25-17/h2-11,19-20H,12-13H2,1H3. The summed E-state index contributed by atoms with van der Waals surface area (Å²) in [7, 11) is 0. The summed E-state index contributed by atoms with van der Waals surface area (Å²) in [4.78, 5) is 16.0. The van der Waals surface area contributed by atoms with E-state index in [1.54, 1.807) is 11.3 Å². The smallest absolute Gasteiger partial charge is 0.267 e. The SMILES string of the molecule is Cc1ccsc1C1C(Oc2ccccc2)C(=O)N1Cc1ccc2c(c1)OCO2. The minimum atomic E-state index is -0.506. The average molecular weight is 393 g/mol. The predicted octanol–water partition coefficient (Wildman–Crippen LogP) is 4.32. The molecule has 5 nitrogen and oxygen atoms in total. The molecule has 142 valence electrons. The van der Waals surface area contributed by atoms with Crippen LogP contribution in [0.4, 0.5) is 0 Å². The minimum Gasteiger partial charge on any atom is -0.478 e. The minimum absolute atomic E-state index is 0.000630. The van der Waals surface area contributed by atoms with Crippen molar-refractivity contribution < 1.29 is 19.0 Å². The van der Waals surface area contributed by atoms with Gasteiger partial charge in [0.25, 0.3) is 5.91 Å². The Balaban J connectivity index is 1.42. The van der Waals surface area contributed by atoms with E-state index >= 15 is 0 Å². The van der Waals surface area contributed by atoms with Crippen LogP contribution in [-0.2, 0) is 11.3 Å². The monoisotopic (exact) mass is 393 g/mol. The summed E-state index contributed by atoms with van der Waals surface area (Å²) in [5.74, 6) is 2.18. The molecule has 0 radical (unpaired) electrons. The molecule has 5 rings (SSSR count). The largest absolute Gasteiger partial charge is 0.478 e. The van der Waals surface area contributed by atoms with Crippen molar-refractivity contribution in [1.82, 2.24) is 4.90 Å². The molecule has 0 N–H and O–H groups in total. The summed E-state index contributed by atoms with van der Waals surface area (Å²) < 4.78 is 16.9. The van der Waals surface area contributed by atoms with Crippen LogP contribution in [-0.4, -0.2) is 23.7 Å². The highest BCUT2D eigenvalue weighted by atomic mass is 32.1. The van der Waals surface area contributed by atoms with Crippen LogP contribution in [0.15, 0.2) is 60.0 Å². The lowest BCUT2D eigenvalue weighted by molar-refractivity contribution is -0.165. The summed E-state index contributed by atoms with van der Waals surface area (Å²) >= 11 is 1.67. The molecule has 6 heteroatoms. The third kappa shape index (κ3) is 2.90. The maximum Gasteiger partial charge on any atom is 0.267 e. The topological polar surface area (TPSA) is 48.0 Å². The van der Waals surface area contributed by atoms with Crippen LogP contribution in [0.2, 0.25) is 0 Å². The van der Waals surface area contributed by atoms with Gasteiger partial charge in [0.15, 0.2) is 11.5 Å². The molecule has 0 saturated carbocycles. The Hall–Kier alpha value is -2.99. The van der Waals surface area contributed by atoms with Gasteiger partial charge >= 0.3 is 0 Å². The number of hydrogen-bond acceptors (Lipinski definition) is 5. The molecular formula is C22H19NO4S. The molecule has 1 fully saturated rings. The highest BCUT2D eigenvalue weighted by molar-refractivity contribution is 7.10. The summed E-state index contributed by atoms with van der Waals surface area (Å²) in [6.07, 6.45) is -0.506. The first-order valence-electron chi connectivity index (χ1n) is 9.15. The average Bonchev–Trinajstić information content (AvgIpc) is 3.36. The molecular weight excluding hydrogens is 374 g/mol. The van der Waals surface area contributed by atoms with Gasteiger partial charge in [-0.25, -0.2) is 0 Å². The van der Waals surface area contributed by atoms with Gasteiger partial charge in [-0.15, -0.1) is 11.3 Å². The van der Waals surface area contributed by atoms with Crippen molar-refractivity contribution in [3.8, 4) is 17.2 Å². The molecule has 3 aromatic rings. The Morgan fingerprint density at radius 1 is 1.11 bits per heavy atom. The zero-order chi connectivity index (χ0) is 19.1. The van der Waals surface area contributed by atoms with Crippen LogP contribution in [0.1, 0.15) is 22.0 Å². The number of β-lactam (4-membered cyclic amide) rings is 1. The summed E-state index contributed by atoms with van der Waals surface area (Å²) in [6.45, 7) is 2.82. The quantitative estimate of drug-likeness (QED) is 0.606. The van der Waals surface area contributed by atoms with Gasteiger partial charge in [0.2, 0.25) is 12.9 Å². The van der Waals surface area contributed by atoms with Crippen molar-refractivity contribution in [3.63, 3.8) is 0 Å². The number of carbonyl (C=O) groups excluding carboxylic acids is 1. The van der Waals surface area contributed by atoms with E-state index in [1.165, 1.54) is 10.4 Å². The highest BCUT2D eigenvalue weighted by Crippen LogP contribution is 2.43. The van der Waals surface area contributed by atoms with Gasteiger partial charge in [0.1, 0.15) is 11.8 Å². The van der Waals surface area contributed by atoms with Crippen molar-refractivity contribution in [2.24, 2.45) is 0 Å². The van der Waals surface area contributed by atoms with Gasteiger partial charge < -0.3 is 19.1 Å². The number of rotatable bonds is 5. The molecule has 0 spiro atoms. The van der Waals surface area contributed by atoms with E-state index in [2.05, 4.69) is 18.4 Å². The van der Waals surface area contributed by atoms with E-state index < -0.39 is 6.10 Å². The van der Waals surface area contributed by atoms with E-state index in [-0.39, 0.29) is 18.7 Å². The third-order valence-electron chi connectivity index (χ3n) is 5.12. The number of thiophene rings is 1. The molecule has 1 saturated heterocycles. The van der Waals surface area contributed by atoms with Crippen molar-refractivity contribution in [2.45, 2.75) is 25.6 Å². The molecule has 2 aliphatic heterocycles.